The van der Waals surface area contributed by atoms with Gasteiger partial charge in [-0.25, -0.2) is 18.7 Å². The molecule has 0 unspecified atom stereocenters. The quantitative estimate of drug-likeness (QED) is 0.477. The van der Waals surface area contributed by atoms with Crippen molar-refractivity contribution in [2.45, 2.75) is 6.42 Å². The Morgan fingerprint density at radius 2 is 1.61 bits per heavy atom. The van der Waals surface area contributed by atoms with Crippen molar-refractivity contribution in [2.24, 2.45) is 0 Å². The highest BCUT2D eigenvalue weighted by molar-refractivity contribution is 5.91. The van der Waals surface area contributed by atoms with Crippen molar-refractivity contribution in [3.63, 3.8) is 0 Å². The second-order valence-electron chi connectivity index (χ2n) is 6.67. The zero-order chi connectivity index (χ0) is 19.5. The summed E-state index contributed by atoms with van der Waals surface area (Å²) in [7, 11) is 1.96. The van der Waals surface area contributed by atoms with Gasteiger partial charge in [-0.15, -0.1) is 0 Å². The summed E-state index contributed by atoms with van der Waals surface area (Å²) in [5.74, 6) is -0.326. The number of aromatic nitrogens is 2. The molecule has 0 N–H and O–H groups in total. The predicted molar refractivity (Wildman–Crippen MR) is 108 cm³/mol. The molecule has 0 atom stereocenters. The highest BCUT2D eigenvalue weighted by Gasteiger charge is 2.15. The van der Waals surface area contributed by atoms with Crippen LogP contribution in [0.5, 0.6) is 0 Å². The molecule has 0 aliphatic heterocycles. The average Bonchev–Trinajstić information content (AvgIpc) is 2.72. The van der Waals surface area contributed by atoms with E-state index < -0.39 is 11.6 Å². The minimum Gasteiger partial charge on any atom is -0.359 e. The van der Waals surface area contributed by atoms with E-state index in [1.165, 1.54) is 17.7 Å². The number of para-hydroxylation sites is 1. The van der Waals surface area contributed by atoms with Crippen molar-refractivity contribution in [3.05, 3.63) is 90.0 Å². The minimum atomic E-state index is -0.673. The van der Waals surface area contributed by atoms with Crippen LogP contribution in [0.25, 0.3) is 22.3 Å². The fourth-order valence-electron chi connectivity index (χ4n) is 3.19. The van der Waals surface area contributed by atoms with Crippen LogP contribution in [0.15, 0.2) is 72.8 Å². The molecular formula is C23H19F2N3. The van der Waals surface area contributed by atoms with Crippen LogP contribution in [0.4, 0.5) is 14.6 Å². The number of hydrogen-bond acceptors (Lipinski definition) is 3. The molecule has 4 rings (SSSR count). The molecule has 0 spiro atoms. The van der Waals surface area contributed by atoms with E-state index in [1.807, 2.05) is 54.4 Å². The van der Waals surface area contributed by atoms with Gasteiger partial charge in [0.1, 0.15) is 17.5 Å². The summed E-state index contributed by atoms with van der Waals surface area (Å²) in [4.78, 5) is 11.2. The second kappa shape index (κ2) is 7.72. The van der Waals surface area contributed by atoms with E-state index in [1.54, 1.807) is 0 Å². The fourth-order valence-corrected chi connectivity index (χ4v) is 3.19. The number of benzene rings is 3. The van der Waals surface area contributed by atoms with E-state index in [9.17, 15) is 8.78 Å². The summed E-state index contributed by atoms with van der Waals surface area (Å²) in [6.45, 7) is 0.746. The van der Waals surface area contributed by atoms with Crippen molar-refractivity contribution >= 4 is 16.7 Å². The monoisotopic (exact) mass is 375 g/mol. The number of anilines is 1. The third-order valence-electron chi connectivity index (χ3n) is 4.70. The van der Waals surface area contributed by atoms with Gasteiger partial charge in [-0.05, 0) is 36.2 Å². The summed E-state index contributed by atoms with van der Waals surface area (Å²) in [5, 5.41) is 0.893. The maximum absolute atomic E-state index is 14.3. The van der Waals surface area contributed by atoms with Gasteiger partial charge < -0.3 is 4.90 Å². The average molecular weight is 375 g/mol. The standard InChI is InChI=1S/C23H19F2N3/c1-28(14-13-16-7-3-2-4-8-16)23-19-9-5-6-10-21(19)26-22(27-23)18-12-11-17(24)15-20(18)25/h2-12,15H,13-14H2,1H3. The lowest BCUT2D eigenvalue weighted by Crippen LogP contribution is -2.22. The van der Waals surface area contributed by atoms with E-state index in [0.29, 0.717) is 0 Å². The van der Waals surface area contributed by atoms with Crippen molar-refractivity contribution in [2.75, 3.05) is 18.5 Å². The van der Waals surface area contributed by atoms with Gasteiger partial charge >= 0.3 is 0 Å². The van der Waals surface area contributed by atoms with Gasteiger partial charge in [0.15, 0.2) is 5.82 Å². The molecule has 0 bridgehead atoms. The molecule has 0 radical (unpaired) electrons. The van der Waals surface area contributed by atoms with Crippen LogP contribution in [-0.2, 0) is 6.42 Å². The van der Waals surface area contributed by atoms with Crippen LogP contribution in [0, 0.1) is 11.6 Å². The molecule has 5 heteroatoms. The number of fused-ring (bicyclic) bond motifs is 1. The van der Waals surface area contributed by atoms with Crippen molar-refractivity contribution in [3.8, 4) is 11.4 Å². The van der Waals surface area contributed by atoms with Gasteiger partial charge in [0, 0.05) is 25.0 Å². The van der Waals surface area contributed by atoms with Crippen molar-refractivity contribution in [1.29, 1.82) is 0 Å². The van der Waals surface area contributed by atoms with Crippen LogP contribution in [0.1, 0.15) is 5.56 Å². The third kappa shape index (κ3) is 3.69. The molecule has 4 aromatic rings. The maximum Gasteiger partial charge on any atom is 0.165 e. The van der Waals surface area contributed by atoms with Crippen LogP contribution in [0.2, 0.25) is 0 Å². The van der Waals surface area contributed by atoms with Gasteiger partial charge in [-0.3, -0.25) is 0 Å². The van der Waals surface area contributed by atoms with Crippen LogP contribution >= 0.6 is 0 Å². The number of nitrogens with zero attached hydrogens (tertiary/aromatic N) is 3. The Bertz CT molecular complexity index is 1110. The lowest BCUT2D eigenvalue weighted by atomic mass is 10.1. The highest BCUT2D eigenvalue weighted by atomic mass is 19.1. The molecule has 28 heavy (non-hydrogen) atoms. The lowest BCUT2D eigenvalue weighted by molar-refractivity contribution is 0.585. The number of likely N-dealkylation sites (N-methyl/N-ethyl adjacent to an activating group) is 1. The lowest BCUT2D eigenvalue weighted by Gasteiger charge is -2.21. The largest absolute Gasteiger partial charge is 0.359 e. The number of halogens is 2. The third-order valence-corrected chi connectivity index (χ3v) is 4.70. The SMILES string of the molecule is CN(CCc1ccccc1)c1nc(-c2ccc(F)cc2F)nc2ccccc12. The second-order valence-corrected chi connectivity index (χ2v) is 6.67. The Labute approximate surface area is 162 Å². The van der Waals surface area contributed by atoms with Gasteiger partial charge in [0.25, 0.3) is 0 Å². The molecule has 3 nitrogen and oxygen atoms in total. The Kier molecular flexibility index (Phi) is 4.98. The fraction of sp³-hybridized carbons (Fsp3) is 0.130. The summed E-state index contributed by atoms with van der Waals surface area (Å²) >= 11 is 0. The Hall–Kier alpha value is -3.34. The minimum absolute atomic E-state index is 0.185. The Morgan fingerprint density at radius 3 is 2.39 bits per heavy atom. The molecule has 0 fully saturated rings. The van der Waals surface area contributed by atoms with Crippen molar-refractivity contribution < 1.29 is 8.78 Å². The molecule has 1 heterocycles. The van der Waals surface area contributed by atoms with E-state index in [2.05, 4.69) is 22.1 Å². The molecule has 0 amide bonds. The topological polar surface area (TPSA) is 29.0 Å². The van der Waals surface area contributed by atoms with E-state index in [-0.39, 0.29) is 11.4 Å². The van der Waals surface area contributed by atoms with Crippen LogP contribution in [-0.4, -0.2) is 23.6 Å². The Balaban J connectivity index is 1.74. The smallest absolute Gasteiger partial charge is 0.165 e. The zero-order valence-corrected chi connectivity index (χ0v) is 15.4. The molecule has 1 aromatic heterocycles. The molecule has 0 saturated carbocycles. The molecule has 0 saturated heterocycles. The summed E-state index contributed by atoms with van der Waals surface area (Å²) in [6, 6.07) is 21.3. The van der Waals surface area contributed by atoms with Crippen LogP contribution < -0.4 is 4.90 Å². The van der Waals surface area contributed by atoms with E-state index in [4.69, 9.17) is 0 Å². The van der Waals surface area contributed by atoms with E-state index in [0.717, 1.165) is 35.8 Å². The zero-order valence-electron chi connectivity index (χ0n) is 15.4. The summed E-state index contributed by atoms with van der Waals surface area (Å²) in [5.41, 5.74) is 2.14. The molecular weight excluding hydrogens is 356 g/mol. The first-order valence-electron chi connectivity index (χ1n) is 9.09. The predicted octanol–water partition coefficient (Wildman–Crippen LogP) is 5.25. The highest BCUT2D eigenvalue weighted by Crippen LogP contribution is 2.28. The van der Waals surface area contributed by atoms with Gasteiger partial charge in [-0.1, -0.05) is 42.5 Å². The van der Waals surface area contributed by atoms with Gasteiger partial charge in [0.2, 0.25) is 0 Å². The van der Waals surface area contributed by atoms with Crippen molar-refractivity contribution in [1.82, 2.24) is 9.97 Å². The summed E-state index contributed by atoms with van der Waals surface area (Å²) < 4.78 is 27.6. The molecule has 0 aliphatic rings. The first kappa shape index (κ1) is 18.0. The first-order valence-corrected chi connectivity index (χ1v) is 9.09. The maximum atomic E-state index is 14.3. The van der Waals surface area contributed by atoms with Gasteiger partial charge in [0.05, 0.1) is 11.1 Å². The normalized spacial score (nSPS) is 11.0. The first-order chi connectivity index (χ1) is 13.6. The van der Waals surface area contributed by atoms with E-state index >= 15 is 0 Å². The number of hydrogen-bond donors (Lipinski definition) is 0. The number of rotatable bonds is 5. The molecule has 140 valence electrons. The Morgan fingerprint density at radius 1 is 0.857 bits per heavy atom. The molecule has 3 aromatic carbocycles. The van der Waals surface area contributed by atoms with Gasteiger partial charge in [-0.2, -0.15) is 0 Å². The molecule has 0 aliphatic carbocycles. The van der Waals surface area contributed by atoms with Crippen LogP contribution in [0.3, 0.4) is 0 Å². The summed E-state index contributed by atoms with van der Waals surface area (Å²) in [6.07, 6.45) is 0.857.